The molecule has 0 bridgehead atoms. The lowest BCUT2D eigenvalue weighted by molar-refractivity contribution is 0.0697. The van der Waals surface area contributed by atoms with E-state index in [2.05, 4.69) is 16.9 Å². The second-order valence-electron chi connectivity index (χ2n) is 8.34. The van der Waals surface area contributed by atoms with Gasteiger partial charge in [0.2, 0.25) is 0 Å². The minimum absolute atomic E-state index is 0.0521. The lowest BCUT2D eigenvalue weighted by atomic mass is 9.90. The van der Waals surface area contributed by atoms with Gasteiger partial charge < -0.3 is 10.0 Å². The van der Waals surface area contributed by atoms with Gasteiger partial charge in [-0.3, -0.25) is 4.72 Å². The largest absolute Gasteiger partial charge is 0.478 e. The highest BCUT2D eigenvalue weighted by Gasteiger charge is 2.25. The van der Waals surface area contributed by atoms with Gasteiger partial charge in [0, 0.05) is 18.8 Å². The summed E-state index contributed by atoms with van der Waals surface area (Å²) in [6, 6.07) is 16.5. The summed E-state index contributed by atoms with van der Waals surface area (Å²) in [5.74, 6) is -2.72. The highest BCUT2D eigenvalue weighted by atomic mass is 32.2. The van der Waals surface area contributed by atoms with Crippen LogP contribution in [0.5, 0.6) is 0 Å². The van der Waals surface area contributed by atoms with Crippen molar-refractivity contribution in [2.45, 2.75) is 24.2 Å². The Kier molecular flexibility index (Phi) is 6.83. The smallest absolute Gasteiger partial charge is 0.337 e. The molecule has 34 heavy (non-hydrogen) atoms. The summed E-state index contributed by atoms with van der Waals surface area (Å²) < 4.78 is 54.7. The summed E-state index contributed by atoms with van der Waals surface area (Å²) in [7, 11) is -4.46. The van der Waals surface area contributed by atoms with Crippen LogP contribution in [0.25, 0.3) is 0 Å². The summed E-state index contributed by atoms with van der Waals surface area (Å²) in [5, 5.41) is 9.75. The number of halogens is 2. The third kappa shape index (κ3) is 5.36. The molecular formula is C25H24F2N2O4S. The number of hydrogen-bond donors (Lipinski definition) is 2. The van der Waals surface area contributed by atoms with Crippen LogP contribution < -0.4 is 9.62 Å². The molecule has 9 heteroatoms. The molecule has 1 fully saturated rings. The van der Waals surface area contributed by atoms with Gasteiger partial charge in [-0.2, -0.15) is 0 Å². The van der Waals surface area contributed by atoms with Gasteiger partial charge in [0.05, 0.1) is 11.3 Å². The number of piperidine rings is 1. The molecule has 2 N–H and O–H groups in total. The van der Waals surface area contributed by atoms with Crippen molar-refractivity contribution in [3.63, 3.8) is 0 Å². The minimum Gasteiger partial charge on any atom is -0.478 e. The summed E-state index contributed by atoms with van der Waals surface area (Å²) in [6.45, 7) is 1.36. The average molecular weight is 487 g/mol. The molecule has 6 nitrogen and oxygen atoms in total. The number of carbonyl (C=O) groups is 1. The summed E-state index contributed by atoms with van der Waals surface area (Å²) >= 11 is 0. The quantitative estimate of drug-likeness (QED) is 0.495. The zero-order valence-electron chi connectivity index (χ0n) is 18.2. The van der Waals surface area contributed by atoms with Crippen LogP contribution in [0.15, 0.2) is 71.6 Å². The van der Waals surface area contributed by atoms with E-state index < -0.39 is 32.5 Å². The van der Waals surface area contributed by atoms with Gasteiger partial charge in [0.15, 0.2) is 0 Å². The Morgan fingerprint density at radius 2 is 1.71 bits per heavy atom. The lowest BCUT2D eigenvalue weighted by Gasteiger charge is -2.34. The van der Waals surface area contributed by atoms with Crippen molar-refractivity contribution in [3.05, 3.63) is 89.5 Å². The maximum atomic E-state index is 14.0. The van der Waals surface area contributed by atoms with Crippen LogP contribution in [-0.2, 0) is 16.4 Å². The molecule has 0 amide bonds. The number of rotatable bonds is 7. The van der Waals surface area contributed by atoms with Gasteiger partial charge in [0.25, 0.3) is 10.0 Å². The maximum absolute atomic E-state index is 14.0. The molecule has 0 aliphatic carbocycles. The van der Waals surface area contributed by atoms with Crippen molar-refractivity contribution in [1.82, 2.24) is 0 Å². The van der Waals surface area contributed by atoms with E-state index in [4.69, 9.17) is 0 Å². The van der Waals surface area contributed by atoms with Crippen molar-refractivity contribution in [2.75, 3.05) is 22.7 Å². The van der Waals surface area contributed by atoms with Crippen molar-refractivity contribution >= 4 is 27.4 Å². The summed E-state index contributed by atoms with van der Waals surface area (Å²) in [6.07, 6.45) is 2.78. The number of nitrogens with one attached hydrogen (secondary N) is 1. The summed E-state index contributed by atoms with van der Waals surface area (Å²) in [5.41, 5.74) is 1.65. The van der Waals surface area contributed by atoms with Gasteiger partial charge >= 0.3 is 5.97 Å². The number of benzene rings is 3. The zero-order chi connectivity index (χ0) is 24.3. The van der Waals surface area contributed by atoms with E-state index in [-0.39, 0.29) is 11.3 Å². The summed E-state index contributed by atoms with van der Waals surface area (Å²) in [4.78, 5) is 13.1. The topological polar surface area (TPSA) is 86.7 Å². The van der Waals surface area contributed by atoms with E-state index in [1.54, 1.807) is 6.07 Å². The van der Waals surface area contributed by atoms with Gasteiger partial charge in [-0.1, -0.05) is 30.3 Å². The number of anilines is 2. The van der Waals surface area contributed by atoms with E-state index >= 15 is 0 Å². The first-order valence-corrected chi connectivity index (χ1v) is 12.4. The first-order valence-electron chi connectivity index (χ1n) is 10.9. The highest BCUT2D eigenvalue weighted by Crippen LogP contribution is 2.31. The lowest BCUT2D eigenvalue weighted by Crippen LogP contribution is -2.35. The number of carboxylic acid groups (broad SMARTS) is 1. The monoisotopic (exact) mass is 486 g/mol. The van der Waals surface area contributed by atoms with Crippen molar-refractivity contribution in [3.8, 4) is 0 Å². The van der Waals surface area contributed by atoms with Crippen LogP contribution in [0.2, 0.25) is 0 Å². The van der Waals surface area contributed by atoms with E-state index in [0.717, 1.165) is 31.4 Å². The third-order valence-electron chi connectivity index (χ3n) is 5.98. The molecule has 0 aromatic heterocycles. The number of nitrogens with zero attached hydrogens (tertiary/aromatic N) is 1. The molecule has 1 heterocycles. The minimum atomic E-state index is -4.46. The van der Waals surface area contributed by atoms with Crippen LogP contribution in [0, 0.1) is 17.6 Å². The second-order valence-corrected chi connectivity index (χ2v) is 9.99. The standard InChI is InChI=1S/C25H24F2N2O4S/c26-19-6-8-22(27)24(15-19)34(32,33)28-20-7-9-23(21(16-20)25(30)31)29-12-10-18(11-13-29)14-17-4-2-1-3-5-17/h1-9,15-16,18,28H,10-14H2,(H,30,31). The molecule has 0 saturated carbocycles. The van der Waals surface area contributed by atoms with Crippen LogP contribution in [0.1, 0.15) is 28.8 Å². The highest BCUT2D eigenvalue weighted by molar-refractivity contribution is 7.92. The third-order valence-corrected chi connectivity index (χ3v) is 7.38. The van der Waals surface area contributed by atoms with Crippen LogP contribution >= 0.6 is 0 Å². The Morgan fingerprint density at radius 1 is 1.00 bits per heavy atom. The fourth-order valence-corrected chi connectivity index (χ4v) is 5.40. The Labute approximate surface area is 196 Å². The van der Waals surface area contributed by atoms with Crippen LogP contribution in [0.4, 0.5) is 20.2 Å². The molecule has 0 unspecified atom stereocenters. The Morgan fingerprint density at radius 3 is 2.38 bits per heavy atom. The first kappa shape index (κ1) is 23.7. The molecule has 4 rings (SSSR count). The maximum Gasteiger partial charge on any atom is 0.337 e. The molecule has 1 aliphatic heterocycles. The van der Waals surface area contributed by atoms with Crippen molar-refractivity contribution < 1.29 is 27.1 Å². The van der Waals surface area contributed by atoms with Crippen molar-refractivity contribution in [2.24, 2.45) is 5.92 Å². The van der Waals surface area contributed by atoms with Gasteiger partial charge in [0.1, 0.15) is 16.5 Å². The van der Waals surface area contributed by atoms with Gasteiger partial charge in [-0.05, 0) is 67.1 Å². The van der Waals surface area contributed by atoms with E-state index in [9.17, 15) is 27.1 Å². The molecule has 3 aromatic rings. The zero-order valence-corrected chi connectivity index (χ0v) is 19.1. The molecular weight excluding hydrogens is 462 g/mol. The predicted molar refractivity (Wildman–Crippen MR) is 126 cm³/mol. The molecule has 1 aliphatic rings. The second kappa shape index (κ2) is 9.80. The molecule has 0 radical (unpaired) electrons. The molecule has 0 atom stereocenters. The number of aromatic carboxylic acids is 1. The number of sulfonamides is 1. The number of carboxylic acids is 1. The average Bonchev–Trinajstić information content (AvgIpc) is 2.81. The van der Waals surface area contributed by atoms with E-state index in [1.807, 2.05) is 23.1 Å². The Bertz CT molecular complexity index is 1290. The van der Waals surface area contributed by atoms with E-state index in [1.165, 1.54) is 17.7 Å². The number of hydrogen-bond acceptors (Lipinski definition) is 4. The van der Waals surface area contributed by atoms with Crippen LogP contribution in [0.3, 0.4) is 0 Å². The fourth-order valence-electron chi connectivity index (χ4n) is 4.27. The predicted octanol–water partition coefficient (Wildman–Crippen LogP) is 4.92. The van der Waals surface area contributed by atoms with Crippen LogP contribution in [-0.4, -0.2) is 32.6 Å². The molecule has 0 spiro atoms. The molecule has 3 aromatic carbocycles. The molecule has 178 valence electrons. The van der Waals surface area contributed by atoms with Gasteiger partial charge in [-0.25, -0.2) is 22.0 Å². The SMILES string of the molecule is O=C(O)c1cc(NS(=O)(=O)c2cc(F)ccc2F)ccc1N1CCC(Cc2ccccc2)CC1. The normalized spacial score (nSPS) is 14.7. The first-order chi connectivity index (χ1) is 16.2. The van der Waals surface area contributed by atoms with E-state index in [0.29, 0.717) is 30.8 Å². The van der Waals surface area contributed by atoms with Gasteiger partial charge in [-0.15, -0.1) is 0 Å². The Hall–Kier alpha value is -3.46. The van der Waals surface area contributed by atoms with Crippen molar-refractivity contribution in [1.29, 1.82) is 0 Å². The Balaban J connectivity index is 1.50. The molecule has 1 saturated heterocycles. The fraction of sp³-hybridized carbons (Fsp3) is 0.240.